The van der Waals surface area contributed by atoms with Crippen LogP contribution in [0.25, 0.3) is 0 Å². The van der Waals surface area contributed by atoms with Crippen molar-refractivity contribution >= 4 is 5.97 Å². The van der Waals surface area contributed by atoms with Gasteiger partial charge in [0.15, 0.2) is 11.5 Å². The Bertz CT molecular complexity index is 378. The number of hydrogen-bond donors (Lipinski definition) is 0. The molecule has 5 heteroatoms. The second-order valence-electron chi connectivity index (χ2n) is 3.36. The number of benzene rings is 1. The van der Waals surface area contributed by atoms with Crippen LogP contribution in [-0.4, -0.2) is 20.2 Å². The smallest absolute Gasteiger partial charge is 0.311 e. The molecule has 0 aliphatic rings. The lowest BCUT2D eigenvalue weighted by Gasteiger charge is -2.12. The van der Waals surface area contributed by atoms with Gasteiger partial charge in [-0.2, -0.15) is 0 Å². The molecule has 1 rings (SSSR count). The van der Waals surface area contributed by atoms with Crippen molar-refractivity contribution in [1.82, 2.24) is 0 Å². The lowest BCUT2D eigenvalue weighted by molar-refractivity contribution is -0.134. The standard InChI is InChI=1S/C12H15FO4/c1-4-5-11(14)17-12-9(15-2)6-8(13)7-10(12)16-3/h6-7H,4-5H2,1-3H3. The van der Waals surface area contributed by atoms with E-state index in [9.17, 15) is 9.18 Å². The van der Waals surface area contributed by atoms with E-state index in [2.05, 4.69) is 0 Å². The zero-order valence-electron chi connectivity index (χ0n) is 10.1. The van der Waals surface area contributed by atoms with Crippen LogP contribution in [0, 0.1) is 5.82 Å². The van der Waals surface area contributed by atoms with Crippen molar-refractivity contribution in [2.24, 2.45) is 0 Å². The van der Waals surface area contributed by atoms with Gasteiger partial charge in [0.25, 0.3) is 0 Å². The van der Waals surface area contributed by atoms with Gasteiger partial charge in [0.05, 0.1) is 14.2 Å². The lowest BCUT2D eigenvalue weighted by Crippen LogP contribution is -2.09. The molecule has 17 heavy (non-hydrogen) atoms. The molecule has 0 radical (unpaired) electrons. The number of methoxy groups -OCH3 is 2. The molecule has 0 saturated heterocycles. The van der Waals surface area contributed by atoms with E-state index in [1.807, 2.05) is 6.92 Å². The molecule has 0 fully saturated rings. The number of carbonyl (C=O) groups is 1. The van der Waals surface area contributed by atoms with Gasteiger partial charge in [-0.15, -0.1) is 0 Å². The van der Waals surface area contributed by atoms with E-state index >= 15 is 0 Å². The number of hydrogen-bond acceptors (Lipinski definition) is 4. The van der Waals surface area contributed by atoms with Crippen LogP contribution in [0.15, 0.2) is 12.1 Å². The molecule has 0 spiro atoms. The van der Waals surface area contributed by atoms with Crippen LogP contribution in [0.3, 0.4) is 0 Å². The Balaban J connectivity index is 3.06. The summed E-state index contributed by atoms with van der Waals surface area (Å²) in [7, 11) is 2.73. The number of halogens is 1. The molecular formula is C12H15FO4. The van der Waals surface area contributed by atoms with E-state index in [1.165, 1.54) is 14.2 Å². The first kappa shape index (κ1) is 13.3. The summed E-state index contributed by atoms with van der Waals surface area (Å²) in [6, 6.07) is 2.27. The highest BCUT2D eigenvalue weighted by atomic mass is 19.1. The second kappa shape index (κ2) is 6.08. The first-order valence-corrected chi connectivity index (χ1v) is 5.24. The zero-order chi connectivity index (χ0) is 12.8. The molecule has 0 bridgehead atoms. The van der Waals surface area contributed by atoms with Crippen LogP contribution in [0.2, 0.25) is 0 Å². The Kier molecular flexibility index (Phi) is 4.75. The first-order chi connectivity index (χ1) is 8.12. The average Bonchev–Trinajstić information content (AvgIpc) is 2.31. The van der Waals surface area contributed by atoms with Crippen LogP contribution in [0.1, 0.15) is 19.8 Å². The summed E-state index contributed by atoms with van der Waals surface area (Å²) >= 11 is 0. The van der Waals surface area contributed by atoms with Crippen molar-refractivity contribution in [3.63, 3.8) is 0 Å². The Hall–Kier alpha value is -1.78. The van der Waals surface area contributed by atoms with Crippen LogP contribution in [0.4, 0.5) is 4.39 Å². The Labute approximate surface area is 99.3 Å². The zero-order valence-corrected chi connectivity index (χ0v) is 10.1. The molecule has 0 amide bonds. The quantitative estimate of drug-likeness (QED) is 0.588. The third kappa shape index (κ3) is 3.34. The molecule has 0 heterocycles. The Morgan fingerprint density at radius 1 is 1.24 bits per heavy atom. The number of esters is 1. The molecule has 0 unspecified atom stereocenters. The van der Waals surface area contributed by atoms with Crippen LogP contribution in [0.5, 0.6) is 17.2 Å². The van der Waals surface area contributed by atoms with Gasteiger partial charge in [-0.25, -0.2) is 4.39 Å². The average molecular weight is 242 g/mol. The van der Waals surface area contributed by atoms with Crippen LogP contribution >= 0.6 is 0 Å². The highest BCUT2D eigenvalue weighted by molar-refractivity contribution is 5.74. The monoisotopic (exact) mass is 242 g/mol. The van der Waals surface area contributed by atoms with Gasteiger partial charge < -0.3 is 14.2 Å². The molecule has 0 aromatic heterocycles. The summed E-state index contributed by atoms with van der Waals surface area (Å²) < 4.78 is 28.2. The summed E-state index contributed by atoms with van der Waals surface area (Å²) in [5, 5.41) is 0. The van der Waals surface area contributed by atoms with Crippen molar-refractivity contribution in [1.29, 1.82) is 0 Å². The van der Waals surface area contributed by atoms with E-state index in [1.54, 1.807) is 0 Å². The van der Waals surface area contributed by atoms with E-state index in [0.717, 1.165) is 12.1 Å². The largest absolute Gasteiger partial charge is 0.493 e. The second-order valence-corrected chi connectivity index (χ2v) is 3.36. The van der Waals surface area contributed by atoms with Crippen LogP contribution < -0.4 is 14.2 Å². The maximum atomic E-state index is 13.2. The molecule has 4 nitrogen and oxygen atoms in total. The maximum Gasteiger partial charge on any atom is 0.311 e. The van der Waals surface area contributed by atoms with E-state index in [4.69, 9.17) is 14.2 Å². The lowest BCUT2D eigenvalue weighted by atomic mass is 10.2. The highest BCUT2D eigenvalue weighted by Gasteiger charge is 2.17. The van der Waals surface area contributed by atoms with Crippen molar-refractivity contribution in [3.8, 4) is 17.2 Å². The van der Waals surface area contributed by atoms with Gasteiger partial charge in [-0.3, -0.25) is 4.79 Å². The molecule has 0 N–H and O–H groups in total. The number of ether oxygens (including phenoxy) is 3. The summed E-state index contributed by atoms with van der Waals surface area (Å²) in [6.07, 6.45) is 0.953. The number of carbonyl (C=O) groups excluding carboxylic acids is 1. The van der Waals surface area contributed by atoms with Gasteiger partial charge in [0.1, 0.15) is 5.82 Å². The minimum atomic E-state index is -0.519. The highest BCUT2D eigenvalue weighted by Crippen LogP contribution is 2.38. The van der Waals surface area contributed by atoms with Crippen molar-refractivity contribution in [2.75, 3.05) is 14.2 Å². The van der Waals surface area contributed by atoms with E-state index < -0.39 is 11.8 Å². The SMILES string of the molecule is CCCC(=O)Oc1c(OC)cc(F)cc1OC. The molecule has 94 valence electrons. The fourth-order valence-electron chi connectivity index (χ4n) is 1.32. The van der Waals surface area contributed by atoms with Gasteiger partial charge in [-0.1, -0.05) is 6.92 Å². The third-order valence-corrected chi connectivity index (χ3v) is 2.10. The summed E-state index contributed by atoms with van der Waals surface area (Å²) in [5.74, 6) is -0.558. The fourth-order valence-corrected chi connectivity index (χ4v) is 1.32. The van der Waals surface area contributed by atoms with Gasteiger partial charge in [-0.05, 0) is 6.42 Å². The predicted octanol–water partition coefficient (Wildman–Crippen LogP) is 2.55. The van der Waals surface area contributed by atoms with Crippen molar-refractivity contribution in [3.05, 3.63) is 17.9 Å². The summed E-state index contributed by atoms with van der Waals surface area (Å²) in [5.41, 5.74) is 0. The Morgan fingerprint density at radius 3 is 2.18 bits per heavy atom. The predicted molar refractivity (Wildman–Crippen MR) is 60.0 cm³/mol. The van der Waals surface area contributed by atoms with Gasteiger partial charge in [0, 0.05) is 18.6 Å². The summed E-state index contributed by atoms with van der Waals surface area (Å²) in [4.78, 5) is 11.4. The van der Waals surface area contributed by atoms with Crippen molar-refractivity contribution in [2.45, 2.75) is 19.8 Å². The molecule has 0 saturated carbocycles. The maximum absolute atomic E-state index is 13.2. The third-order valence-electron chi connectivity index (χ3n) is 2.10. The Morgan fingerprint density at radius 2 is 1.76 bits per heavy atom. The van der Waals surface area contributed by atoms with Gasteiger partial charge >= 0.3 is 5.97 Å². The first-order valence-electron chi connectivity index (χ1n) is 5.24. The molecule has 0 aliphatic carbocycles. The molecule has 0 aliphatic heterocycles. The van der Waals surface area contributed by atoms with E-state index in [0.29, 0.717) is 6.42 Å². The van der Waals surface area contributed by atoms with Crippen LogP contribution in [-0.2, 0) is 4.79 Å². The molecule has 0 atom stereocenters. The molecule has 1 aromatic carbocycles. The fraction of sp³-hybridized carbons (Fsp3) is 0.417. The summed E-state index contributed by atoms with van der Waals surface area (Å²) in [6.45, 7) is 1.86. The topological polar surface area (TPSA) is 44.8 Å². The minimum absolute atomic E-state index is 0.106. The van der Waals surface area contributed by atoms with E-state index in [-0.39, 0.29) is 23.7 Å². The van der Waals surface area contributed by atoms with Crippen molar-refractivity contribution < 1.29 is 23.4 Å². The molecule has 1 aromatic rings. The van der Waals surface area contributed by atoms with Gasteiger partial charge in [0.2, 0.25) is 5.75 Å². The molecular weight excluding hydrogens is 227 g/mol. The minimum Gasteiger partial charge on any atom is -0.493 e. The normalized spacial score (nSPS) is 9.88. The number of rotatable bonds is 5.